The predicted molar refractivity (Wildman–Crippen MR) is 440 cm³/mol. The number of unbranched alkanes of at least 4 members (excludes halogenated alkanes) is 2. The van der Waals surface area contributed by atoms with Crippen LogP contribution in [0.25, 0.3) is 0 Å². The number of aliphatic hydroxyl groups excluding tert-OH is 2. The van der Waals surface area contributed by atoms with Gasteiger partial charge < -0.3 is 123 Å². The van der Waals surface area contributed by atoms with Crippen LogP contribution in [0.3, 0.4) is 0 Å². The average molecular weight is 1710 g/mol. The molecule has 2 aromatic rings. The topological polar surface area (TPSA) is 681 Å². The van der Waals surface area contributed by atoms with E-state index in [2.05, 4.69) is 74.4 Å². The van der Waals surface area contributed by atoms with E-state index < -0.39 is 267 Å². The molecule has 0 radical (unpaired) electrons. The number of nitrogens with two attached hydrogens (primary N) is 4. The number of hydrogen-bond acceptors (Lipinski definition) is 23. The van der Waals surface area contributed by atoms with Gasteiger partial charge in [0.2, 0.25) is 88.6 Å². The minimum atomic E-state index is -1.92. The van der Waals surface area contributed by atoms with Crippen LogP contribution < -0.4 is 97.4 Å². The number of carbonyl (C=O) groups excluding carboxylic acids is 15. The highest BCUT2D eigenvalue weighted by molar-refractivity contribution is 6.01. The van der Waals surface area contributed by atoms with Crippen molar-refractivity contribution in [2.75, 3.05) is 26.2 Å². The number of nitrogens with one attached hydrogen (secondary N) is 14. The fourth-order valence-electron chi connectivity index (χ4n) is 12.3. The third-order valence-electron chi connectivity index (χ3n) is 18.8. The van der Waals surface area contributed by atoms with E-state index in [-0.39, 0.29) is 76.3 Å². The summed E-state index contributed by atoms with van der Waals surface area (Å²) in [5, 5.41) is 84.8. The lowest BCUT2D eigenvalue weighted by atomic mass is 10.00. The van der Waals surface area contributed by atoms with E-state index in [4.69, 9.17) is 28.0 Å². The van der Waals surface area contributed by atoms with Crippen LogP contribution in [0.15, 0.2) is 60.7 Å². The second-order valence-corrected chi connectivity index (χ2v) is 31.4. The molecule has 0 aromatic heterocycles. The minimum absolute atomic E-state index is 0.0108. The lowest BCUT2D eigenvalue weighted by Crippen LogP contribution is -2.62. The zero-order valence-electron chi connectivity index (χ0n) is 70.5. The first-order valence-corrected chi connectivity index (χ1v) is 40.6. The van der Waals surface area contributed by atoms with Crippen LogP contribution in [0.4, 0.5) is 0 Å². The first-order valence-electron chi connectivity index (χ1n) is 40.6. The third-order valence-corrected chi connectivity index (χ3v) is 18.8. The van der Waals surface area contributed by atoms with Gasteiger partial charge in [-0.05, 0) is 139 Å². The molecule has 27 N–H and O–H groups in total. The Morgan fingerprint density at radius 1 is 0.331 bits per heavy atom. The van der Waals surface area contributed by atoms with Crippen molar-refractivity contribution in [3.05, 3.63) is 71.8 Å². The van der Waals surface area contributed by atoms with E-state index in [0.717, 1.165) is 6.92 Å². The minimum Gasteiger partial charge on any atom is -0.481 e. The number of aliphatic carboxylic acids is 3. The molecule has 2 aromatic carbocycles. The molecular weight excluding hydrogens is 1580 g/mol. The van der Waals surface area contributed by atoms with E-state index in [1.54, 1.807) is 116 Å². The maximum Gasteiger partial charge on any atom is 0.322 e. The van der Waals surface area contributed by atoms with Crippen LogP contribution in [0.5, 0.6) is 0 Å². The van der Waals surface area contributed by atoms with Gasteiger partial charge in [0.25, 0.3) is 0 Å². The van der Waals surface area contributed by atoms with E-state index in [0.29, 0.717) is 24.0 Å². The highest BCUT2D eigenvalue weighted by Gasteiger charge is 2.40. The fraction of sp³-hybridized carbons (Fsp3) is 0.625. The summed E-state index contributed by atoms with van der Waals surface area (Å²) < 4.78 is 0. The van der Waals surface area contributed by atoms with Gasteiger partial charge in [-0.1, -0.05) is 116 Å². The van der Waals surface area contributed by atoms with Crippen molar-refractivity contribution in [1.29, 1.82) is 0 Å². The lowest BCUT2D eigenvalue weighted by Gasteiger charge is -2.29. The number of benzene rings is 2. The first-order chi connectivity index (χ1) is 56.9. The van der Waals surface area contributed by atoms with Gasteiger partial charge in [-0.15, -0.1) is 0 Å². The molecule has 0 bridgehead atoms. The summed E-state index contributed by atoms with van der Waals surface area (Å²) in [5.41, 5.74) is 24.1. The Bertz CT molecular complexity index is 3760. The number of primary amides is 1. The second-order valence-electron chi connectivity index (χ2n) is 31.4. The van der Waals surface area contributed by atoms with Crippen molar-refractivity contribution in [3.8, 4) is 0 Å². The molecule has 0 fully saturated rings. The smallest absolute Gasteiger partial charge is 0.322 e. The molecule has 2 rings (SSSR count). The number of hydrogen-bond donors (Lipinski definition) is 23. The quantitative estimate of drug-likeness (QED) is 0.0279. The maximum absolute atomic E-state index is 14.8. The second kappa shape index (κ2) is 55.5. The molecule has 121 heavy (non-hydrogen) atoms. The molecular formula is C80H128N18O23. The summed E-state index contributed by atoms with van der Waals surface area (Å²) in [6, 6.07) is -5.28. The number of rotatable bonds is 59. The molecule has 0 saturated carbocycles. The summed E-state index contributed by atoms with van der Waals surface area (Å²) in [5.74, 6) is -21.1. The van der Waals surface area contributed by atoms with Gasteiger partial charge in [-0.2, -0.15) is 0 Å². The first kappa shape index (κ1) is 106. The molecule has 0 heterocycles. The summed E-state index contributed by atoms with van der Waals surface area (Å²) >= 11 is 0. The lowest BCUT2D eigenvalue weighted by molar-refractivity contribution is -0.140. The predicted octanol–water partition coefficient (Wildman–Crippen LogP) is -4.26. The Kier molecular flexibility index (Phi) is 48.5. The molecule has 0 aliphatic heterocycles. The number of carbonyl (C=O) groups is 18. The number of carboxylic acids is 3. The summed E-state index contributed by atoms with van der Waals surface area (Å²) in [6.45, 7) is 14.3. The molecule has 0 saturated heterocycles. The Balaban J connectivity index is 2.61. The molecule has 0 aliphatic carbocycles. The van der Waals surface area contributed by atoms with Gasteiger partial charge in [0.15, 0.2) is 0 Å². The van der Waals surface area contributed by atoms with Gasteiger partial charge in [-0.3, -0.25) is 86.3 Å². The van der Waals surface area contributed by atoms with Gasteiger partial charge >= 0.3 is 17.9 Å². The molecule has 41 nitrogen and oxygen atoms in total. The van der Waals surface area contributed by atoms with Crippen molar-refractivity contribution in [2.24, 2.45) is 46.6 Å². The molecule has 41 heteroatoms. The maximum atomic E-state index is 14.8. The van der Waals surface area contributed by atoms with Crippen LogP contribution >= 0.6 is 0 Å². The summed E-state index contributed by atoms with van der Waals surface area (Å²) in [4.78, 5) is 246. The Hall–Kier alpha value is -11.3. The van der Waals surface area contributed by atoms with Crippen LogP contribution in [0, 0.1) is 23.7 Å². The normalized spacial score (nSPS) is 15.0. The average Bonchev–Trinajstić information content (AvgIpc) is 0.848. The molecule has 15 amide bonds. The Morgan fingerprint density at radius 2 is 0.620 bits per heavy atom. The van der Waals surface area contributed by atoms with E-state index in [1.165, 1.54) is 6.92 Å². The third kappa shape index (κ3) is 41.5. The van der Waals surface area contributed by atoms with Crippen LogP contribution in [-0.2, 0) is 99.1 Å². The molecule has 0 unspecified atom stereocenters. The van der Waals surface area contributed by atoms with Crippen molar-refractivity contribution < 1.29 is 112 Å². The zero-order valence-corrected chi connectivity index (χ0v) is 70.5. The van der Waals surface area contributed by atoms with Crippen LogP contribution in [0.1, 0.15) is 177 Å². The molecule has 676 valence electrons. The van der Waals surface area contributed by atoms with Gasteiger partial charge in [0.1, 0.15) is 85.1 Å². The van der Waals surface area contributed by atoms with E-state index >= 15 is 0 Å². The number of amides is 15. The van der Waals surface area contributed by atoms with E-state index in [1.807, 2.05) is 0 Å². The van der Waals surface area contributed by atoms with E-state index in [9.17, 15) is 107 Å². The molecule has 0 spiro atoms. The van der Waals surface area contributed by atoms with Gasteiger partial charge in [0, 0.05) is 32.1 Å². The monoisotopic (exact) mass is 1710 g/mol. The summed E-state index contributed by atoms with van der Waals surface area (Å²) in [6.07, 6.45) is -5.69. The SMILES string of the molecule is CC(C)C[C@H](NC(=O)[C@H](Cc1ccccc1)NC(=O)[C@H](C)N)C(=O)N[C@@H](CO)C(=O)N[C@H](C(=O)N[C@@H](CCCCN)C(=O)N[C@@H](CCCCN)C(=O)N[C@@H](CCC(N)=O)C(=O)N[C@@H](Cc1ccccc1)C(=O)N[C@@H](CCC(=O)O)C(=O)N[C@@H](CCC(=O)O)C(=O)N[C@@H](CC(C)C)C(=O)N[C@H](C(=O)N[C@@H](CC(C)C)C(=O)NCC(=O)O)[C@@H](C)O)C(C)C. The van der Waals surface area contributed by atoms with Crippen molar-refractivity contribution in [2.45, 2.75) is 269 Å². The number of carboxylic acid groups (broad SMARTS) is 3. The molecule has 15 atom stereocenters. The highest BCUT2D eigenvalue weighted by atomic mass is 16.4. The van der Waals surface area contributed by atoms with Crippen LogP contribution in [-0.4, -0.2) is 249 Å². The summed E-state index contributed by atoms with van der Waals surface area (Å²) in [7, 11) is 0. The van der Waals surface area contributed by atoms with Crippen molar-refractivity contribution >= 4 is 107 Å². The van der Waals surface area contributed by atoms with Crippen LogP contribution in [0.2, 0.25) is 0 Å². The zero-order chi connectivity index (χ0) is 91.3. The van der Waals surface area contributed by atoms with Crippen molar-refractivity contribution in [3.63, 3.8) is 0 Å². The largest absolute Gasteiger partial charge is 0.481 e. The fourth-order valence-corrected chi connectivity index (χ4v) is 12.3. The number of aliphatic hydroxyl groups is 2. The van der Waals surface area contributed by atoms with Gasteiger partial charge in [-0.25, -0.2) is 0 Å². The molecule has 0 aliphatic rings. The standard InChI is InChI=1S/C80H128N18O23/c1-42(2)35-55(68(109)85-40-64(106)107)95-80(121)66(47(10)100)98-77(118)57(37-44(5)6)92-73(114)54(29-32-63(104)105)88-71(112)53(28-31-62(102)103)89-75(116)59(39-49-23-15-12-16-24-49)94-72(113)52(27-30-61(84)101)87-69(110)50(25-17-19-33-81)86-70(111)51(26-18-20-34-82)90-79(120)65(45(7)8)97-78(119)60(41-99)96-74(115)56(36-43(3)4)93-76(117)58(91-67(108)46(9)83)38-48-21-13-11-14-22-48/h11-16,21-24,42-47,50-60,65-66,99-100H,17-20,25-41,81-83H2,1-10H3,(H2,84,101)(H,85,109)(H,86,111)(H,87,110)(H,88,112)(H,89,116)(H,90,120)(H,91,108)(H,92,114)(H,93,117)(H,94,113)(H,95,121)(H,96,115)(H,97,119)(H,98,118)(H,102,103)(H,104,105)(H,106,107)/t46-,47+,50-,51-,52-,53-,54-,55-,56-,57-,58-,59-,60-,65-,66-/m0/s1. The highest BCUT2D eigenvalue weighted by Crippen LogP contribution is 2.17. The van der Waals surface area contributed by atoms with Crippen molar-refractivity contribution in [1.82, 2.24) is 74.4 Å². The van der Waals surface area contributed by atoms with Gasteiger partial charge in [0.05, 0.1) is 18.8 Å². The Labute approximate surface area is 703 Å². The Morgan fingerprint density at radius 3 is 0.959 bits per heavy atom.